The molecule has 2 heterocycles. The maximum atomic E-state index is 5.77. The summed E-state index contributed by atoms with van der Waals surface area (Å²) in [4.78, 5) is 7.86. The Bertz CT molecular complexity index is 480. The topological polar surface area (TPSA) is 51.6 Å². The zero-order chi connectivity index (χ0) is 10.7. The normalized spacial score (nSPS) is 11.7. The van der Waals surface area contributed by atoms with E-state index in [1.165, 1.54) is 23.2 Å². The largest absolute Gasteiger partial charge is 0.244 e. The smallest absolute Gasteiger partial charge is 0.149 e. The van der Waals surface area contributed by atoms with Crippen molar-refractivity contribution in [3.8, 4) is 0 Å². The van der Waals surface area contributed by atoms with E-state index in [1.54, 1.807) is 12.4 Å². The van der Waals surface area contributed by atoms with Crippen LogP contribution >= 0.6 is 22.9 Å². The van der Waals surface area contributed by atoms with Gasteiger partial charge in [-0.25, -0.2) is 9.97 Å². The minimum Gasteiger partial charge on any atom is -0.244 e. The Labute approximate surface area is 95.7 Å². The van der Waals surface area contributed by atoms with Crippen LogP contribution in [0.5, 0.6) is 0 Å². The lowest BCUT2D eigenvalue weighted by Crippen LogP contribution is -1.89. The van der Waals surface area contributed by atoms with Crippen LogP contribution in [0.3, 0.4) is 0 Å². The number of rotatable bonds is 2. The Morgan fingerprint density at radius 1 is 1.33 bits per heavy atom. The Hall–Kier alpha value is -1.33. The number of nitrogens with zero attached hydrogens (tertiary/aromatic N) is 4. The first-order valence-electron chi connectivity index (χ1n) is 4.17. The standard InChI is InChI=1S/C9H7ClN4S/c1-6-13-14-9(15-6)8(2-10)7-3-11-5-12-4-7/h2-5H,1H3. The number of hydrogen-bond donors (Lipinski definition) is 0. The molecular weight excluding hydrogens is 232 g/mol. The average molecular weight is 239 g/mol. The highest BCUT2D eigenvalue weighted by atomic mass is 35.5. The van der Waals surface area contributed by atoms with E-state index in [-0.39, 0.29) is 0 Å². The number of halogens is 1. The van der Waals surface area contributed by atoms with Crippen LogP contribution in [-0.4, -0.2) is 20.2 Å². The molecule has 0 aliphatic carbocycles. The van der Waals surface area contributed by atoms with Crippen molar-refractivity contribution in [3.05, 3.63) is 39.8 Å². The van der Waals surface area contributed by atoms with Gasteiger partial charge in [-0.05, 0) is 6.92 Å². The van der Waals surface area contributed by atoms with Gasteiger partial charge in [0, 0.05) is 29.1 Å². The molecular formula is C9H7ClN4S. The highest BCUT2D eigenvalue weighted by molar-refractivity contribution is 7.12. The van der Waals surface area contributed by atoms with Gasteiger partial charge >= 0.3 is 0 Å². The molecule has 2 rings (SSSR count). The summed E-state index contributed by atoms with van der Waals surface area (Å²) >= 11 is 7.25. The van der Waals surface area contributed by atoms with Crippen molar-refractivity contribution in [2.75, 3.05) is 0 Å². The predicted octanol–water partition coefficient (Wildman–Crippen LogP) is 2.26. The quantitative estimate of drug-likeness (QED) is 0.805. The third-order valence-electron chi connectivity index (χ3n) is 1.74. The Morgan fingerprint density at radius 2 is 2.07 bits per heavy atom. The van der Waals surface area contributed by atoms with E-state index in [1.807, 2.05) is 6.92 Å². The van der Waals surface area contributed by atoms with Crippen molar-refractivity contribution in [2.24, 2.45) is 0 Å². The summed E-state index contributed by atoms with van der Waals surface area (Å²) in [6.45, 7) is 1.90. The van der Waals surface area contributed by atoms with Crippen LogP contribution in [0.2, 0.25) is 0 Å². The Kier molecular flexibility index (Phi) is 3.03. The molecule has 0 aliphatic heterocycles. The summed E-state index contributed by atoms with van der Waals surface area (Å²) in [6, 6.07) is 0. The van der Waals surface area contributed by atoms with Gasteiger partial charge in [0.25, 0.3) is 0 Å². The third-order valence-corrected chi connectivity index (χ3v) is 2.83. The molecule has 2 aromatic heterocycles. The van der Waals surface area contributed by atoms with Crippen LogP contribution in [0.15, 0.2) is 24.3 Å². The van der Waals surface area contributed by atoms with E-state index in [9.17, 15) is 0 Å². The second-order valence-corrected chi connectivity index (χ2v) is 4.18. The summed E-state index contributed by atoms with van der Waals surface area (Å²) in [7, 11) is 0. The minimum atomic E-state index is 0.775. The molecule has 0 atom stereocenters. The molecule has 76 valence electrons. The van der Waals surface area contributed by atoms with Crippen LogP contribution in [0.25, 0.3) is 5.57 Å². The van der Waals surface area contributed by atoms with Crippen LogP contribution in [0, 0.1) is 6.92 Å². The van der Waals surface area contributed by atoms with Crippen molar-refractivity contribution in [1.29, 1.82) is 0 Å². The maximum absolute atomic E-state index is 5.77. The van der Waals surface area contributed by atoms with E-state index in [2.05, 4.69) is 20.2 Å². The van der Waals surface area contributed by atoms with Crippen LogP contribution in [0.1, 0.15) is 15.6 Å². The zero-order valence-electron chi connectivity index (χ0n) is 7.88. The van der Waals surface area contributed by atoms with Crippen LogP contribution in [-0.2, 0) is 0 Å². The zero-order valence-corrected chi connectivity index (χ0v) is 9.46. The Balaban J connectivity index is 2.43. The van der Waals surface area contributed by atoms with Crippen molar-refractivity contribution in [1.82, 2.24) is 20.2 Å². The molecule has 0 aliphatic rings. The molecule has 0 saturated carbocycles. The summed E-state index contributed by atoms with van der Waals surface area (Å²) in [5, 5.41) is 9.64. The van der Waals surface area contributed by atoms with Crippen molar-refractivity contribution in [3.63, 3.8) is 0 Å². The molecule has 0 aromatic carbocycles. The first kappa shape index (κ1) is 10.2. The van der Waals surface area contributed by atoms with Crippen molar-refractivity contribution < 1.29 is 0 Å². The molecule has 2 aromatic rings. The van der Waals surface area contributed by atoms with E-state index in [0.29, 0.717) is 0 Å². The van der Waals surface area contributed by atoms with E-state index < -0.39 is 0 Å². The van der Waals surface area contributed by atoms with E-state index >= 15 is 0 Å². The van der Waals surface area contributed by atoms with Crippen LogP contribution in [0.4, 0.5) is 0 Å². The van der Waals surface area contributed by atoms with Gasteiger partial charge in [0.15, 0.2) is 0 Å². The highest BCUT2D eigenvalue weighted by Crippen LogP contribution is 2.25. The van der Waals surface area contributed by atoms with Gasteiger partial charge in [-0.2, -0.15) is 0 Å². The molecule has 0 unspecified atom stereocenters. The monoisotopic (exact) mass is 238 g/mol. The lowest BCUT2D eigenvalue weighted by Gasteiger charge is -1.99. The summed E-state index contributed by atoms with van der Waals surface area (Å²) in [6.07, 6.45) is 4.86. The summed E-state index contributed by atoms with van der Waals surface area (Å²) in [5.74, 6) is 0. The molecule has 0 fully saturated rings. The van der Waals surface area contributed by atoms with E-state index in [0.717, 1.165) is 21.2 Å². The first-order valence-corrected chi connectivity index (χ1v) is 5.43. The lowest BCUT2D eigenvalue weighted by molar-refractivity contribution is 1.03. The molecule has 4 nitrogen and oxygen atoms in total. The fourth-order valence-electron chi connectivity index (χ4n) is 1.08. The van der Waals surface area contributed by atoms with Gasteiger partial charge in [0.05, 0.1) is 0 Å². The summed E-state index contributed by atoms with van der Waals surface area (Å²) < 4.78 is 0. The van der Waals surface area contributed by atoms with Gasteiger partial charge in [-0.15, -0.1) is 10.2 Å². The van der Waals surface area contributed by atoms with Crippen LogP contribution < -0.4 is 0 Å². The van der Waals surface area contributed by atoms with Gasteiger partial charge < -0.3 is 0 Å². The molecule has 0 amide bonds. The SMILES string of the molecule is Cc1nnc(C(=CCl)c2cncnc2)s1. The number of aryl methyl sites for hydroxylation is 1. The predicted molar refractivity (Wildman–Crippen MR) is 59.6 cm³/mol. The third kappa shape index (κ3) is 2.19. The minimum absolute atomic E-state index is 0.775. The fourth-order valence-corrected chi connectivity index (χ4v) is 2.10. The number of aromatic nitrogens is 4. The molecule has 0 radical (unpaired) electrons. The first-order chi connectivity index (χ1) is 7.31. The molecule has 15 heavy (non-hydrogen) atoms. The molecule has 0 N–H and O–H groups in total. The maximum Gasteiger partial charge on any atom is 0.149 e. The number of hydrogen-bond acceptors (Lipinski definition) is 5. The van der Waals surface area contributed by atoms with E-state index in [4.69, 9.17) is 11.6 Å². The molecule has 0 bridgehead atoms. The van der Waals surface area contributed by atoms with Gasteiger partial charge in [0.1, 0.15) is 16.3 Å². The highest BCUT2D eigenvalue weighted by Gasteiger charge is 2.09. The van der Waals surface area contributed by atoms with Gasteiger partial charge in [0.2, 0.25) is 0 Å². The Morgan fingerprint density at radius 3 is 2.60 bits per heavy atom. The second-order valence-electron chi connectivity index (χ2n) is 2.78. The molecule has 0 saturated heterocycles. The lowest BCUT2D eigenvalue weighted by atomic mass is 10.2. The molecule has 0 spiro atoms. The van der Waals surface area contributed by atoms with Gasteiger partial charge in [-0.1, -0.05) is 22.9 Å². The van der Waals surface area contributed by atoms with Crippen molar-refractivity contribution in [2.45, 2.75) is 6.92 Å². The van der Waals surface area contributed by atoms with Crippen molar-refractivity contribution >= 4 is 28.5 Å². The molecule has 6 heteroatoms. The fraction of sp³-hybridized carbons (Fsp3) is 0.111. The average Bonchev–Trinajstić information content (AvgIpc) is 2.68. The van der Waals surface area contributed by atoms with Gasteiger partial charge in [-0.3, -0.25) is 0 Å². The second kappa shape index (κ2) is 4.46. The summed E-state index contributed by atoms with van der Waals surface area (Å²) in [5.41, 5.74) is 3.10.